The van der Waals surface area contributed by atoms with Gasteiger partial charge in [-0.2, -0.15) is 0 Å². The van der Waals surface area contributed by atoms with Gasteiger partial charge in [0.1, 0.15) is 0 Å². The van der Waals surface area contributed by atoms with E-state index in [2.05, 4.69) is 0 Å². The fraction of sp³-hybridized carbons (Fsp3) is 0.250. The number of benzene rings is 1. The number of hydrogen-bond acceptors (Lipinski definition) is 2. The summed E-state index contributed by atoms with van der Waals surface area (Å²) >= 11 is 0. The number of fused-ring (bicyclic) bond motifs is 1. The predicted octanol–water partition coefficient (Wildman–Crippen LogP) is 2.72. The van der Waals surface area contributed by atoms with E-state index in [1.54, 1.807) is 4.90 Å². The first-order valence-corrected chi connectivity index (χ1v) is 4.87. The van der Waals surface area contributed by atoms with E-state index in [4.69, 9.17) is 4.74 Å². The Morgan fingerprint density at radius 3 is 2.87 bits per heavy atom. The molecule has 1 aromatic carbocycles. The van der Waals surface area contributed by atoms with E-state index in [0.717, 1.165) is 23.4 Å². The first-order chi connectivity index (χ1) is 7.24. The van der Waals surface area contributed by atoms with Crippen molar-refractivity contribution in [3.63, 3.8) is 0 Å². The highest BCUT2D eigenvalue weighted by atomic mass is 16.5. The third-order valence-electron chi connectivity index (χ3n) is 2.56. The molecule has 3 heteroatoms. The predicted molar refractivity (Wildman–Crippen MR) is 58.8 cm³/mol. The Hall–Kier alpha value is -1.77. The molecule has 0 aromatic heterocycles. The molecule has 3 nitrogen and oxygen atoms in total. The molecule has 1 heterocycles. The molecule has 0 N–H and O–H groups in total. The quantitative estimate of drug-likeness (QED) is 0.648. The van der Waals surface area contributed by atoms with Crippen LogP contribution in [0.1, 0.15) is 12.5 Å². The van der Waals surface area contributed by atoms with Crippen LogP contribution in [0.2, 0.25) is 0 Å². The second-order valence-corrected chi connectivity index (χ2v) is 3.48. The van der Waals surface area contributed by atoms with Crippen LogP contribution < -0.4 is 4.90 Å². The van der Waals surface area contributed by atoms with Gasteiger partial charge in [-0.3, -0.25) is 4.90 Å². The SMILES string of the molecule is COC(=O)N1C(C)=CCc2ccccc21. The Labute approximate surface area is 89.0 Å². The maximum Gasteiger partial charge on any atom is 0.418 e. The topological polar surface area (TPSA) is 29.5 Å². The second-order valence-electron chi connectivity index (χ2n) is 3.48. The normalized spacial score (nSPS) is 14.3. The van der Waals surface area contributed by atoms with Crippen LogP contribution in [-0.4, -0.2) is 13.2 Å². The zero-order valence-electron chi connectivity index (χ0n) is 8.86. The summed E-state index contributed by atoms with van der Waals surface area (Å²) in [6.45, 7) is 1.91. The Morgan fingerprint density at radius 2 is 2.13 bits per heavy atom. The summed E-state index contributed by atoms with van der Waals surface area (Å²) in [7, 11) is 1.40. The minimum atomic E-state index is -0.337. The molecule has 0 spiro atoms. The molecular formula is C12H13NO2. The fourth-order valence-corrected chi connectivity index (χ4v) is 1.77. The van der Waals surface area contributed by atoms with Crippen molar-refractivity contribution in [3.8, 4) is 0 Å². The minimum Gasteiger partial charge on any atom is -0.452 e. The lowest BCUT2D eigenvalue weighted by Gasteiger charge is -2.27. The van der Waals surface area contributed by atoms with E-state index in [1.807, 2.05) is 37.3 Å². The summed E-state index contributed by atoms with van der Waals surface area (Å²) in [6.07, 6.45) is 2.56. The second kappa shape index (κ2) is 3.77. The zero-order chi connectivity index (χ0) is 10.8. The van der Waals surface area contributed by atoms with Crippen LogP contribution >= 0.6 is 0 Å². The molecule has 1 amide bonds. The van der Waals surface area contributed by atoms with Crippen LogP contribution in [0.25, 0.3) is 0 Å². The van der Waals surface area contributed by atoms with Gasteiger partial charge in [-0.05, 0) is 25.0 Å². The number of allylic oxidation sites excluding steroid dienone is 2. The first kappa shape index (κ1) is 9.77. The van der Waals surface area contributed by atoms with Gasteiger partial charge in [-0.25, -0.2) is 4.79 Å². The lowest BCUT2D eigenvalue weighted by atomic mass is 10.0. The van der Waals surface area contributed by atoms with Gasteiger partial charge >= 0.3 is 6.09 Å². The van der Waals surface area contributed by atoms with E-state index < -0.39 is 0 Å². The molecule has 78 valence electrons. The third-order valence-corrected chi connectivity index (χ3v) is 2.56. The van der Waals surface area contributed by atoms with Gasteiger partial charge in [0.2, 0.25) is 0 Å². The fourth-order valence-electron chi connectivity index (χ4n) is 1.77. The van der Waals surface area contributed by atoms with E-state index in [9.17, 15) is 4.79 Å². The van der Waals surface area contributed by atoms with Gasteiger partial charge in [-0.15, -0.1) is 0 Å². The van der Waals surface area contributed by atoms with Crippen LogP contribution in [-0.2, 0) is 11.2 Å². The molecule has 15 heavy (non-hydrogen) atoms. The highest BCUT2D eigenvalue weighted by Crippen LogP contribution is 2.29. The molecule has 0 unspecified atom stereocenters. The molecule has 1 aromatic rings. The molecule has 0 saturated carbocycles. The van der Waals surface area contributed by atoms with Crippen molar-refractivity contribution < 1.29 is 9.53 Å². The molecule has 1 aliphatic heterocycles. The van der Waals surface area contributed by atoms with Crippen molar-refractivity contribution in [2.24, 2.45) is 0 Å². The van der Waals surface area contributed by atoms with Crippen molar-refractivity contribution in [3.05, 3.63) is 41.6 Å². The van der Waals surface area contributed by atoms with Crippen LogP contribution in [0.4, 0.5) is 10.5 Å². The van der Waals surface area contributed by atoms with Crippen molar-refractivity contribution in [1.82, 2.24) is 0 Å². The van der Waals surface area contributed by atoms with Crippen LogP contribution in [0.15, 0.2) is 36.0 Å². The largest absolute Gasteiger partial charge is 0.452 e. The van der Waals surface area contributed by atoms with Gasteiger partial charge in [0, 0.05) is 5.70 Å². The lowest BCUT2D eigenvalue weighted by Crippen LogP contribution is -2.31. The summed E-state index contributed by atoms with van der Waals surface area (Å²) in [5.41, 5.74) is 2.98. The van der Waals surface area contributed by atoms with E-state index in [1.165, 1.54) is 7.11 Å². The Bertz CT molecular complexity index is 423. The number of para-hydroxylation sites is 1. The lowest BCUT2D eigenvalue weighted by molar-refractivity contribution is 0.180. The average molecular weight is 203 g/mol. The summed E-state index contributed by atoms with van der Waals surface area (Å²) in [4.78, 5) is 13.2. The minimum absolute atomic E-state index is 0.337. The molecule has 0 radical (unpaired) electrons. The van der Waals surface area contributed by atoms with Gasteiger partial charge in [0.25, 0.3) is 0 Å². The van der Waals surface area contributed by atoms with Crippen molar-refractivity contribution in [2.45, 2.75) is 13.3 Å². The molecule has 0 atom stereocenters. The Kier molecular flexibility index (Phi) is 2.46. The molecule has 2 rings (SSSR count). The molecule has 0 fully saturated rings. The zero-order valence-corrected chi connectivity index (χ0v) is 8.86. The van der Waals surface area contributed by atoms with Gasteiger partial charge in [0.15, 0.2) is 0 Å². The molecular weight excluding hydrogens is 190 g/mol. The number of amides is 1. The monoisotopic (exact) mass is 203 g/mol. The van der Waals surface area contributed by atoms with Gasteiger partial charge in [-0.1, -0.05) is 24.3 Å². The number of rotatable bonds is 0. The molecule has 0 aliphatic carbocycles. The number of anilines is 1. The Balaban J connectivity index is 2.47. The first-order valence-electron chi connectivity index (χ1n) is 4.87. The van der Waals surface area contributed by atoms with E-state index in [-0.39, 0.29) is 6.09 Å². The third kappa shape index (κ3) is 1.61. The van der Waals surface area contributed by atoms with Gasteiger partial charge < -0.3 is 4.74 Å². The van der Waals surface area contributed by atoms with Crippen molar-refractivity contribution >= 4 is 11.8 Å². The summed E-state index contributed by atoms with van der Waals surface area (Å²) in [5, 5.41) is 0. The number of methoxy groups -OCH3 is 1. The number of ether oxygens (including phenoxy) is 1. The Morgan fingerprint density at radius 1 is 1.40 bits per heavy atom. The van der Waals surface area contributed by atoms with Gasteiger partial charge in [0.05, 0.1) is 12.8 Å². The highest BCUT2D eigenvalue weighted by Gasteiger charge is 2.23. The average Bonchev–Trinajstić information content (AvgIpc) is 2.28. The van der Waals surface area contributed by atoms with E-state index >= 15 is 0 Å². The van der Waals surface area contributed by atoms with Crippen LogP contribution in [0.5, 0.6) is 0 Å². The van der Waals surface area contributed by atoms with Crippen molar-refractivity contribution in [1.29, 1.82) is 0 Å². The summed E-state index contributed by atoms with van der Waals surface area (Å²) < 4.78 is 4.76. The van der Waals surface area contributed by atoms with Crippen LogP contribution in [0, 0.1) is 0 Å². The standard InChI is InChI=1S/C12H13NO2/c1-9-7-8-10-5-3-4-6-11(10)13(9)12(14)15-2/h3-7H,8H2,1-2H3. The molecule has 0 bridgehead atoms. The van der Waals surface area contributed by atoms with Crippen molar-refractivity contribution in [2.75, 3.05) is 12.0 Å². The number of nitrogens with zero attached hydrogens (tertiary/aromatic N) is 1. The maximum absolute atomic E-state index is 11.6. The summed E-state index contributed by atoms with van der Waals surface area (Å²) in [6, 6.07) is 7.85. The number of carbonyl (C=O) groups is 1. The van der Waals surface area contributed by atoms with Crippen LogP contribution in [0.3, 0.4) is 0 Å². The smallest absolute Gasteiger partial charge is 0.418 e. The number of hydrogen-bond donors (Lipinski definition) is 0. The highest BCUT2D eigenvalue weighted by molar-refractivity contribution is 5.92. The number of carbonyl (C=O) groups excluding carboxylic acids is 1. The maximum atomic E-state index is 11.6. The van der Waals surface area contributed by atoms with E-state index in [0.29, 0.717) is 0 Å². The molecule has 0 saturated heterocycles. The summed E-state index contributed by atoms with van der Waals surface area (Å²) in [5.74, 6) is 0. The molecule has 1 aliphatic rings.